The Hall–Kier alpha value is -4.17. The zero-order chi connectivity index (χ0) is 25.6. The lowest BCUT2D eigenvalue weighted by atomic mass is 9.99. The summed E-state index contributed by atoms with van der Waals surface area (Å²) in [4.78, 5) is 47.0. The molecule has 1 saturated heterocycles. The normalized spacial score (nSPS) is 13.7. The Bertz CT molecular complexity index is 1540. The van der Waals surface area contributed by atoms with Crippen molar-refractivity contribution in [2.24, 2.45) is 13.0 Å². The second kappa shape index (κ2) is 9.13. The van der Waals surface area contributed by atoms with Crippen LogP contribution in [0.15, 0.2) is 34.7 Å². The highest BCUT2D eigenvalue weighted by molar-refractivity contribution is 7.12. The number of aryl methyl sites for hydroxylation is 1. The number of fused-ring (bicyclic) bond motifs is 1. The fourth-order valence-electron chi connectivity index (χ4n) is 3.96. The molecule has 0 radical (unpaired) electrons. The molecule has 4 aromatic heterocycles. The van der Waals surface area contributed by atoms with Crippen LogP contribution in [0.2, 0.25) is 0 Å². The van der Waals surface area contributed by atoms with Crippen molar-refractivity contribution < 1.29 is 23.8 Å². The van der Waals surface area contributed by atoms with Crippen molar-refractivity contribution in [3.8, 4) is 5.13 Å². The predicted molar refractivity (Wildman–Crippen MR) is 128 cm³/mol. The molecule has 14 heteroatoms. The van der Waals surface area contributed by atoms with Gasteiger partial charge in [0.25, 0.3) is 0 Å². The van der Waals surface area contributed by atoms with Gasteiger partial charge in [0.2, 0.25) is 11.3 Å². The van der Waals surface area contributed by atoms with Gasteiger partial charge in [0.1, 0.15) is 5.56 Å². The Morgan fingerprint density at radius 3 is 2.78 bits per heavy atom. The Morgan fingerprint density at radius 2 is 2.11 bits per heavy atom. The molecule has 0 spiro atoms. The van der Waals surface area contributed by atoms with Crippen LogP contribution in [0.1, 0.15) is 16.1 Å². The van der Waals surface area contributed by atoms with E-state index in [-0.39, 0.29) is 35.8 Å². The number of hydrogen-bond acceptors (Lipinski definition) is 9. The number of carbonyl (C=O) groups is 2. The smallest absolute Gasteiger partial charge is 0.341 e. The molecular formula is C22H20FN7O5S. The van der Waals surface area contributed by atoms with Gasteiger partial charge in [-0.3, -0.25) is 18.8 Å². The minimum atomic E-state index is -1.43. The molecule has 0 atom stereocenters. The van der Waals surface area contributed by atoms with Crippen LogP contribution in [0, 0.1) is 11.7 Å². The van der Waals surface area contributed by atoms with Crippen molar-refractivity contribution in [2.45, 2.75) is 6.61 Å². The van der Waals surface area contributed by atoms with Crippen LogP contribution in [0.3, 0.4) is 0 Å². The molecule has 0 aliphatic carbocycles. The standard InChI is InChI=1S/C22H20FN7O5S/c1-28-12(10-35-2)5-16(27-28)25-20(32)11-7-29(8-11)19-15(23)6-13-17(31)14(21(33)34)9-30(18(13)26-19)22-24-3-4-36-22/h3-6,9,11H,7-8,10H2,1-2H3,(H,33,34)(H,25,27,32). The molecule has 1 aliphatic rings. The van der Waals surface area contributed by atoms with Crippen molar-refractivity contribution in [3.63, 3.8) is 0 Å². The highest BCUT2D eigenvalue weighted by Gasteiger charge is 2.36. The maximum absolute atomic E-state index is 15.0. The summed E-state index contributed by atoms with van der Waals surface area (Å²) < 4.78 is 23.1. The first-order valence-corrected chi connectivity index (χ1v) is 11.6. The molecule has 5 rings (SSSR count). The third-order valence-corrected chi connectivity index (χ3v) is 6.61. The zero-order valence-corrected chi connectivity index (χ0v) is 20.0. The van der Waals surface area contributed by atoms with Gasteiger partial charge in [0.05, 0.1) is 23.6 Å². The molecule has 5 heterocycles. The van der Waals surface area contributed by atoms with E-state index in [1.807, 2.05) is 0 Å². The average Bonchev–Trinajstić information content (AvgIpc) is 3.44. The summed E-state index contributed by atoms with van der Waals surface area (Å²) in [5.41, 5.74) is -0.492. The number of thiazole rings is 1. The van der Waals surface area contributed by atoms with Crippen LogP contribution in [-0.2, 0) is 23.2 Å². The number of ether oxygens (including phenoxy) is 1. The van der Waals surface area contributed by atoms with Gasteiger partial charge in [-0.15, -0.1) is 11.3 Å². The second-order valence-corrected chi connectivity index (χ2v) is 9.07. The Balaban J connectivity index is 1.41. The number of rotatable bonds is 7. The minimum absolute atomic E-state index is 0.0421. The first-order valence-electron chi connectivity index (χ1n) is 10.7. The number of aromatic nitrogens is 5. The fourth-order valence-corrected chi connectivity index (χ4v) is 4.58. The summed E-state index contributed by atoms with van der Waals surface area (Å²) in [6.45, 7) is 0.755. The summed E-state index contributed by atoms with van der Waals surface area (Å²) in [5, 5.41) is 18.3. The molecule has 0 aromatic carbocycles. The minimum Gasteiger partial charge on any atom is -0.477 e. The van der Waals surface area contributed by atoms with Crippen molar-refractivity contribution in [1.29, 1.82) is 0 Å². The number of anilines is 2. The van der Waals surface area contributed by atoms with Gasteiger partial charge in [-0.25, -0.2) is 19.2 Å². The van der Waals surface area contributed by atoms with Gasteiger partial charge in [0, 0.05) is 51.1 Å². The second-order valence-electron chi connectivity index (χ2n) is 8.20. The fraction of sp³-hybridized carbons (Fsp3) is 0.273. The van der Waals surface area contributed by atoms with Gasteiger partial charge in [-0.05, 0) is 6.07 Å². The number of carboxylic acid groups (broad SMARTS) is 1. The molecule has 0 unspecified atom stereocenters. The molecule has 36 heavy (non-hydrogen) atoms. The van der Waals surface area contributed by atoms with E-state index in [1.54, 1.807) is 35.2 Å². The number of hydrogen-bond donors (Lipinski definition) is 2. The number of aromatic carboxylic acids is 1. The number of carboxylic acids is 1. The maximum Gasteiger partial charge on any atom is 0.341 e. The molecule has 0 saturated carbocycles. The summed E-state index contributed by atoms with van der Waals surface area (Å²) in [7, 11) is 3.31. The van der Waals surface area contributed by atoms with E-state index < -0.39 is 28.7 Å². The Kier molecular flexibility index (Phi) is 5.97. The molecule has 0 bridgehead atoms. The third-order valence-electron chi connectivity index (χ3n) is 5.84. The Labute approximate surface area is 206 Å². The molecule has 4 aromatic rings. The lowest BCUT2D eigenvalue weighted by molar-refractivity contribution is -0.120. The quantitative estimate of drug-likeness (QED) is 0.377. The Morgan fingerprint density at radius 1 is 1.33 bits per heavy atom. The first kappa shape index (κ1) is 23.6. The molecular weight excluding hydrogens is 493 g/mol. The number of nitrogens with zero attached hydrogens (tertiary/aromatic N) is 6. The zero-order valence-electron chi connectivity index (χ0n) is 19.1. The number of methoxy groups -OCH3 is 1. The number of nitrogens with one attached hydrogen (secondary N) is 1. The number of halogens is 1. The number of amides is 1. The number of carbonyl (C=O) groups excluding carboxylic acids is 1. The lowest BCUT2D eigenvalue weighted by Crippen LogP contribution is -2.52. The van der Waals surface area contributed by atoms with E-state index >= 15 is 4.39 Å². The van der Waals surface area contributed by atoms with E-state index in [2.05, 4.69) is 20.4 Å². The summed E-state index contributed by atoms with van der Waals surface area (Å²) >= 11 is 1.21. The summed E-state index contributed by atoms with van der Waals surface area (Å²) in [6, 6.07) is 2.70. The van der Waals surface area contributed by atoms with Crippen LogP contribution < -0.4 is 15.6 Å². The summed E-state index contributed by atoms with van der Waals surface area (Å²) in [6.07, 6.45) is 2.66. The van der Waals surface area contributed by atoms with E-state index in [4.69, 9.17) is 4.74 Å². The van der Waals surface area contributed by atoms with Crippen LogP contribution in [0.4, 0.5) is 16.0 Å². The maximum atomic E-state index is 15.0. The monoisotopic (exact) mass is 513 g/mol. The van der Waals surface area contributed by atoms with E-state index in [1.165, 1.54) is 22.1 Å². The topological polar surface area (TPSA) is 144 Å². The van der Waals surface area contributed by atoms with Crippen molar-refractivity contribution >= 4 is 45.9 Å². The highest BCUT2D eigenvalue weighted by Crippen LogP contribution is 2.29. The highest BCUT2D eigenvalue weighted by atomic mass is 32.1. The predicted octanol–water partition coefficient (Wildman–Crippen LogP) is 1.63. The molecule has 186 valence electrons. The molecule has 12 nitrogen and oxygen atoms in total. The van der Waals surface area contributed by atoms with Crippen LogP contribution in [-0.4, -0.2) is 61.5 Å². The third kappa shape index (κ3) is 4.09. The molecule has 2 N–H and O–H groups in total. The number of pyridine rings is 2. The molecule has 1 fully saturated rings. The van der Waals surface area contributed by atoms with Gasteiger partial charge >= 0.3 is 5.97 Å². The average molecular weight is 514 g/mol. The first-order chi connectivity index (χ1) is 17.3. The van der Waals surface area contributed by atoms with Gasteiger partial charge in [-0.1, -0.05) is 0 Å². The van der Waals surface area contributed by atoms with Crippen molar-refractivity contribution in [2.75, 3.05) is 30.4 Å². The van der Waals surface area contributed by atoms with Crippen molar-refractivity contribution in [3.05, 3.63) is 57.2 Å². The van der Waals surface area contributed by atoms with Crippen LogP contribution in [0.5, 0.6) is 0 Å². The van der Waals surface area contributed by atoms with Crippen molar-refractivity contribution in [1.82, 2.24) is 24.3 Å². The van der Waals surface area contributed by atoms with Crippen LogP contribution in [0.25, 0.3) is 16.2 Å². The SMILES string of the molecule is COCc1cc(NC(=O)C2CN(c3nc4c(cc3F)c(=O)c(C(=O)O)cn4-c3nccs3)C2)nn1C. The van der Waals surface area contributed by atoms with E-state index in [0.717, 1.165) is 18.0 Å². The van der Waals surface area contributed by atoms with Gasteiger partial charge in [-0.2, -0.15) is 5.10 Å². The van der Waals surface area contributed by atoms with Crippen LogP contribution >= 0.6 is 11.3 Å². The van der Waals surface area contributed by atoms with E-state index in [9.17, 15) is 19.5 Å². The molecule has 1 amide bonds. The van der Waals surface area contributed by atoms with Gasteiger partial charge in [0.15, 0.2) is 28.2 Å². The molecule has 1 aliphatic heterocycles. The van der Waals surface area contributed by atoms with E-state index in [0.29, 0.717) is 17.6 Å². The summed E-state index contributed by atoms with van der Waals surface area (Å²) in [5.74, 6) is -2.56. The lowest BCUT2D eigenvalue weighted by Gasteiger charge is -2.39. The largest absolute Gasteiger partial charge is 0.477 e. The van der Waals surface area contributed by atoms with Gasteiger partial charge < -0.3 is 20.1 Å².